The van der Waals surface area contributed by atoms with Crippen molar-refractivity contribution in [1.29, 1.82) is 0 Å². The van der Waals surface area contributed by atoms with E-state index in [4.69, 9.17) is 11.6 Å². The van der Waals surface area contributed by atoms with Gasteiger partial charge in [-0.05, 0) is 46.5 Å². The van der Waals surface area contributed by atoms with E-state index < -0.39 is 22.7 Å². The van der Waals surface area contributed by atoms with Gasteiger partial charge in [0.25, 0.3) is 0 Å². The third kappa shape index (κ3) is 1.83. The zero-order chi connectivity index (χ0) is 20.8. The summed E-state index contributed by atoms with van der Waals surface area (Å²) in [6, 6.07) is 23.6. The van der Waals surface area contributed by atoms with Crippen LogP contribution in [0.1, 0.15) is 36.1 Å². The van der Waals surface area contributed by atoms with E-state index in [0.717, 1.165) is 22.3 Å². The van der Waals surface area contributed by atoms with Crippen LogP contribution in [0.25, 0.3) is 0 Å². The minimum atomic E-state index is -0.552. The van der Waals surface area contributed by atoms with Crippen LogP contribution in [-0.4, -0.2) is 11.8 Å². The summed E-state index contributed by atoms with van der Waals surface area (Å²) in [4.78, 5) is 29.1. The number of benzene rings is 3. The molecule has 1 saturated heterocycles. The summed E-state index contributed by atoms with van der Waals surface area (Å²) in [5.74, 6) is -1.11. The van der Waals surface area contributed by atoms with Gasteiger partial charge in [-0.1, -0.05) is 74.0 Å². The number of halogens is 1. The fraction of sp³-hybridized carbons (Fsp3) is 0.231. The van der Waals surface area contributed by atoms with Crippen molar-refractivity contribution in [1.82, 2.24) is 0 Å². The molecule has 2 atom stereocenters. The van der Waals surface area contributed by atoms with Gasteiger partial charge in [-0.3, -0.25) is 9.59 Å². The molecule has 0 N–H and O–H groups in total. The molecular weight excluding hydrogens is 394 g/mol. The molecule has 0 aromatic heterocycles. The summed E-state index contributed by atoms with van der Waals surface area (Å²) < 4.78 is 0. The maximum Gasteiger partial charge on any atom is 0.238 e. The van der Waals surface area contributed by atoms with E-state index in [2.05, 4.69) is 38.1 Å². The molecule has 4 heteroatoms. The van der Waals surface area contributed by atoms with Crippen molar-refractivity contribution in [3.63, 3.8) is 0 Å². The second-order valence-corrected chi connectivity index (χ2v) is 9.38. The Morgan fingerprint density at radius 3 is 1.40 bits per heavy atom. The van der Waals surface area contributed by atoms with Crippen LogP contribution in [-0.2, 0) is 20.4 Å². The molecule has 3 nitrogen and oxygen atoms in total. The molecule has 1 heterocycles. The van der Waals surface area contributed by atoms with E-state index >= 15 is 0 Å². The number of anilines is 1. The smallest absolute Gasteiger partial charge is 0.238 e. The predicted molar refractivity (Wildman–Crippen MR) is 117 cm³/mol. The number of carbonyl (C=O) groups excluding carboxylic acids is 2. The zero-order valence-electron chi connectivity index (χ0n) is 16.7. The molecule has 0 saturated carbocycles. The number of hydrogen-bond donors (Lipinski definition) is 0. The van der Waals surface area contributed by atoms with Crippen molar-refractivity contribution in [3.8, 4) is 0 Å². The number of amides is 2. The minimum absolute atomic E-state index is 0.120. The second kappa shape index (κ2) is 5.61. The Labute approximate surface area is 180 Å². The quantitative estimate of drug-likeness (QED) is 0.521. The molecule has 2 amide bonds. The van der Waals surface area contributed by atoms with Crippen molar-refractivity contribution >= 4 is 29.1 Å². The zero-order valence-corrected chi connectivity index (χ0v) is 17.5. The largest absolute Gasteiger partial charge is 0.274 e. The van der Waals surface area contributed by atoms with Gasteiger partial charge < -0.3 is 0 Å². The van der Waals surface area contributed by atoms with E-state index in [1.807, 2.05) is 24.3 Å². The van der Waals surface area contributed by atoms with Crippen LogP contribution in [0.4, 0.5) is 5.69 Å². The maximum absolute atomic E-state index is 13.9. The molecule has 7 rings (SSSR count). The van der Waals surface area contributed by atoms with Gasteiger partial charge in [-0.2, -0.15) is 0 Å². The average molecular weight is 414 g/mol. The lowest BCUT2D eigenvalue weighted by Gasteiger charge is -2.57. The molecule has 1 aliphatic heterocycles. The third-order valence-corrected chi connectivity index (χ3v) is 7.98. The Bertz CT molecular complexity index is 1120. The molecule has 0 radical (unpaired) electrons. The van der Waals surface area contributed by atoms with Crippen LogP contribution < -0.4 is 4.90 Å². The second-order valence-electron chi connectivity index (χ2n) is 8.94. The molecule has 148 valence electrons. The number of rotatable bonds is 1. The Hall–Kier alpha value is -2.91. The monoisotopic (exact) mass is 413 g/mol. The van der Waals surface area contributed by atoms with Crippen LogP contribution in [0.2, 0.25) is 5.02 Å². The van der Waals surface area contributed by atoms with Crippen molar-refractivity contribution in [3.05, 3.63) is 100 Å². The van der Waals surface area contributed by atoms with Crippen molar-refractivity contribution in [2.45, 2.75) is 24.7 Å². The summed E-state index contributed by atoms with van der Waals surface area (Å²) >= 11 is 6.05. The summed E-state index contributed by atoms with van der Waals surface area (Å²) in [7, 11) is 0. The highest BCUT2D eigenvalue weighted by Crippen LogP contribution is 2.66. The lowest BCUT2D eigenvalue weighted by molar-refractivity contribution is -0.124. The van der Waals surface area contributed by atoms with Crippen molar-refractivity contribution in [2.24, 2.45) is 11.8 Å². The first-order valence-electron chi connectivity index (χ1n) is 10.2. The van der Waals surface area contributed by atoms with Crippen molar-refractivity contribution < 1.29 is 9.59 Å². The van der Waals surface area contributed by atoms with Gasteiger partial charge in [-0.15, -0.1) is 0 Å². The van der Waals surface area contributed by atoms with Crippen LogP contribution in [0.15, 0.2) is 72.8 Å². The molecule has 3 aromatic carbocycles. The van der Waals surface area contributed by atoms with Crippen LogP contribution >= 0.6 is 11.6 Å². The summed E-state index contributed by atoms with van der Waals surface area (Å²) in [6.07, 6.45) is 0. The number of imide groups is 1. The molecule has 3 aromatic rings. The van der Waals surface area contributed by atoms with E-state index in [0.29, 0.717) is 10.7 Å². The fourth-order valence-electron chi connectivity index (χ4n) is 6.42. The highest BCUT2D eigenvalue weighted by atomic mass is 35.5. The summed E-state index contributed by atoms with van der Waals surface area (Å²) in [6.45, 7) is 4.27. The molecule has 0 spiro atoms. The van der Waals surface area contributed by atoms with Crippen LogP contribution in [0, 0.1) is 11.8 Å². The van der Waals surface area contributed by atoms with Crippen LogP contribution in [0.5, 0.6) is 0 Å². The number of hydrogen-bond acceptors (Lipinski definition) is 2. The van der Waals surface area contributed by atoms with E-state index in [1.54, 1.807) is 24.3 Å². The highest BCUT2D eigenvalue weighted by Gasteiger charge is 2.70. The Kier molecular flexibility index (Phi) is 3.35. The van der Waals surface area contributed by atoms with Crippen LogP contribution in [0.3, 0.4) is 0 Å². The van der Waals surface area contributed by atoms with Gasteiger partial charge in [0.1, 0.15) is 0 Å². The number of carbonyl (C=O) groups is 2. The van der Waals surface area contributed by atoms with Crippen molar-refractivity contribution in [2.75, 3.05) is 4.90 Å². The lowest BCUT2D eigenvalue weighted by Crippen LogP contribution is -2.59. The Morgan fingerprint density at radius 1 is 0.667 bits per heavy atom. The molecule has 1 fully saturated rings. The molecule has 3 aliphatic carbocycles. The molecular formula is C26H20ClNO2. The molecule has 30 heavy (non-hydrogen) atoms. The molecule has 0 unspecified atom stereocenters. The normalized spacial score (nSPS) is 30.8. The van der Waals surface area contributed by atoms with E-state index in [1.165, 1.54) is 4.90 Å². The maximum atomic E-state index is 13.9. The SMILES string of the molecule is CC12c3ccccc3C(C)(c3ccccc31)[C@H]1C(=O)N(c3ccc(Cl)cc3)C(=O)[C@@H]12. The highest BCUT2D eigenvalue weighted by molar-refractivity contribution is 6.31. The van der Waals surface area contributed by atoms with E-state index in [9.17, 15) is 9.59 Å². The Balaban J connectivity index is 1.66. The van der Waals surface area contributed by atoms with Gasteiger partial charge in [0.2, 0.25) is 11.8 Å². The van der Waals surface area contributed by atoms with Gasteiger partial charge in [-0.25, -0.2) is 4.90 Å². The molecule has 4 aliphatic rings. The van der Waals surface area contributed by atoms with Gasteiger partial charge in [0.05, 0.1) is 17.5 Å². The topological polar surface area (TPSA) is 37.4 Å². The lowest BCUT2D eigenvalue weighted by atomic mass is 9.42. The predicted octanol–water partition coefficient (Wildman–Crippen LogP) is 5.08. The van der Waals surface area contributed by atoms with E-state index in [-0.39, 0.29) is 11.8 Å². The van der Waals surface area contributed by atoms with Gasteiger partial charge >= 0.3 is 0 Å². The van der Waals surface area contributed by atoms with Gasteiger partial charge in [0.15, 0.2) is 0 Å². The minimum Gasteiger partial charge on any atom is -0.274 e. The molecule has 2 bridgehead atoms. The third-order valence-electron chi connectivity index (χ3n) is 7.73. The standard InChI is InChI=1S/C26H20ClNO2/c1-25-17-7-3-5-9-19(17)26(2,20-10-6-4-8-18(20)25)22-21(25)23(29)28(24(22)30)16-13-11-15(27)12-14-16/h3-14,21-22H,1-2H3/t21-,22-,25?,26?/m1/s1. The average Bonchev–Trinajstić information content (AvgIpc) is 3.04. The fourth-order valence-corrected chi connectivity index (χ4v) is 6.54. The first-order valence-corrected chi connectivity index (χ1v) is 10.6. The van der Waals surface area contributed by atoms with Gasteiger partial charge in [0, 0.05) is 15.9 Å². The first kappa shape index (κ1) is 17.9. The first-order chi connectivity index (χ1) is 14.4. The summed E-state index contributed by atoms with van der Waals surface area (Å²) in [5, 5.41) is 0.578. The Morgan fingerprint density at radius 2 is 1.03 bits per heavy atom. The number of nitrogens with zero attached hydrogens (tertiary/aromatic N) is 1. The summed E-state index contributed by atoms with van der Waals surface area (Å²) in [5.41, 5.74) is 4.12.